The molecule has 1 aliphatic rings. The molecule has 3 atom stereocenters. The molecule has 1 aliphatic carbocycles. The summed E-state index contributed by atoms with van der Waals surface area (Å²) in [6.07, 6.45) is 11.0. The molecule has 0 aliphatic heterocycles. The van der Waals surface area contributed by atoms with Crippen molar-refractivity contribution in [2.75, 3.05) is 0 Å². The van der Waals surface area contributed by atoms with Crippen molar-refractivity contribution in [3.8, 4) is 0 Å². The van der Waals surface area contributed by atoms with Crippen LogP contribution in [0.3, 0.4) is 0 Å². The van der Waals surface area contributed by atoms with Crippen molar-refractivity contribution in [1.82, 2.24) is 0 Å². The van der Waals surface area contributed by atoms with Crippen molar-refractivity contribution in [3.05, 3.63) is 36.5 Å². The molecular formula is C14H22O. The summed E-state index contributed by atoms with van der Waals surface area (Å²) in [6, 6.07) is 0. The highest BCUT2D eigenvalue weighted by Crippen LogP contribution is 2.36. The molecule has 1 rings (SSSR count). The molecule has 0 aromatic carbocycles. The second kappa shape index (κ2) is 5.92. The molecule has 3 unspecified atom stereocenters. The van der Waals surface area contributed by atoms with Gasteiger partial charge < -0.3 is 5.11 Å². The van der Waals surface area contributed by atoms with Gasteiger partial charge in [0.2, 0.25) is 0 Å². The van der Waals surface area contributed by atoms with Crippen LogP contribution >= 0.6 is 0 Å². The Labute approximate surface area is 93.2 Å². The highest BCUT2D eigenvalue weighted by molar-refractivity contribution is 5.22. The van der Waals surface area contributed by atoms with E-state index in [0.29, 0.717) is 11.8 Å². The van der Waals surface area contributed by atoms with Crippen LogP contribution in [0.1, 0.15) is 33.1 Å². The third-order valence-electron chi connectivity index (χ3n) is 3.38. The first kappa shape index (κ1) is 12.3. The second-order valence-corrected chi connectivity index (χ2v) is 4.46. The molecule has 0 bridgehead atoms. The van der Waals surface area contributed by atoms with Gasteiger partial charge in [-0.1, -0.05) is 37.8 Å². The summed E-state index contributed by atoms with van der Waals surface area (Å²) in [7, 11) is 0. The highest BCUT2D eigenvalue weighted by atomic mass is 16.3. The lowest BCUT2D eigenvalue weighted by Crippen LogP contribution is -2.17. The monoisotopic (exact) mass is 206 g/mol. The van der Waals surface area contributed by atoms with Crippen LogP contribution in [0.25, 0.3) is 0 Å². The van der Waals surface area contributed by atoms with E-state index in [2.05, 4.69) is 19.6 Å². The fraction of sp³-hybridized carbons (Fsp3) is 0.571. The quantitative estimate of drug-likeness (QED) is 0.698. The predicted octanol–water partition coefficient (Wildman–Crippen LogP) is 3.47. The number of allylic oxidation sites excluding steroid dienone is 5. The van der Waals surface area contributed by atoms with E-state index >= 15 is 0 Å². The van der Waals surface area contributed by atoms with Crippen LogP contribution < -0.4 is 0 Å². The molecule has 15 heavy (non-hydrogen) atoms. The molecule has 0 aromatic rings. The van der Waals surface area contributed by atoms with E-state index in [9.17, 15) is 5.11 Å². The Kier molecular flexibility index (Phi) is 4.83. The minimum absolute atomic E-state index is 0.117. The van der Waals surface area contributed by atoms with Crippen molar-refractivity contribution in [2.24, 2.45) is 11.8 Å². The lowest BCUT2D eigenvalue weighted by Gasteiger charge is -2.19. The van der Waals surface area contributed by atoms with Crippen molar-refractivity contribution < 1.29 is 5.11 Å². The Morgan fingerprint density at radius 1 is 1.47 bits per heavy atom. The van der Waals surface area contributed by atoms with Crippen LogP contribution in [0.4, 0.5) is 0 Å². The molecule has 0 radical (unpaired) electrons. The molecule has 0 saturated heterocycles. The molecule has 84 valence electrons. The molecule has 0 aromatic heterocycles. The van der Waals surface area contributed by atoms with E-state index in [0.717, 1.165) is 19.3 Å². The van der Waals surface area contributed by atoms with E-state index in [4.69, 9.17) is 0 Å². The van der Waals surface area contributed by atoms with Crippen molar-refractivity contribution in [1.29, 1.82) is 0 Å². The van der Waals surface area contributed by atoms with E-state index in [1.807, 2.05) is 25.2 Å². The zero-order valence-corrected chi connectivity index (χ0v) is 9.82. The molecule has 1 heteroatoms. The maximum Gasteiger partial charge on any atom is 0.0574 e. The van der Waals surface area contributed by atoms with Crippen LogP contribution in [-0.2, 0) is 0 Å². The first-order valence-electron chi connectivity index (χ1n) is 5.81. The van der Waals surface area contributed by atoms with Crippen LogP contribution in [0.2, 0.25) is 0 Å². The maximum absolute atomic E-state index is 9.85. The first-order valence-corrected chi connectivity index (χ1v) is 5.81. The average Bonchev–Trinajstić information content (AvgIpc) is 2.55. The summed E-state index contributed by atoms with van der Waals surface area (Å²) in [4.78, 5) is 0. The Balaban J connectivity index is 2.62. The summed E-state index contributed by atoms with van der Waals surface area (Å²) >= 11 is 0. The lowest BCUT2D eigenvalue weighted by atomic mass is 9.89. The molecule has 1 fully saturated rings. The van der Waals surface area contributed by atoms with Crippen LogP contribution in [0, 0.1) is 11.8 Å². The summed E-state index contributed by atoms with van der Waals surface area (Å²) in [5.41, 5.74) is 1.23. The van der Waals surface area contributed by atoms with Gasteiger partial charge in [-0.25, -0.2) is 0 Å². The number of rotatable bonds is 4. The van der Waals surface area contributed by atoms with Crippen LogP contribution in [-0.4, -0.2) is 11.2 Å². The van der Waals surface area contributed by atoms with Gasteiger partial charge in [0.05, 0.1) is 6.10 Å². The number of aliphatic hydroxyl groups is 1. The zero-order chi connectivity index (χ0) is 11.3. The molecule has 1 nitrogen and oxygen atoms in total. The van der Waals surface area contributed by atoms with Gasteiger partial charge >= 0.3 is 0 Å². The minimum atomic E-state index is -0.117. The Hall–Kier alpha value is -0.820. The fourth-order valence-corrected chi connectivity index (χ4v) is 2.29. The molecule has 1 N–H and O–H groups in total. The van der Waals surface area contributed by atoms with Gasteiger partial charge in [0, 0.05) is 0 Å². The van der Waals surface area contributed by atoms with Gasteiger partial charge in [-0.15, -0.1) is 0 Å². The Morgan fingerprint density at radius 2 is 2.20 bits per heavy atom. The summed E-state index contributed by atoms with van der Waals surface area (Å²) in [5.74, 6) is 1.05. The van der Waals surface area contributed by atoms with Gasteiger partial charge in [0.15, 0.2) is 0 Å². The Morgan fingerprint density at radius 3 is 2.67 bits per heavy atom. The summed E-state index contributed by atoms with van der Waals surface area (Å²) in [5, 5.41) is 9.85. The third-order valence-corrected chi connectivity index (χ3v) is 3.38. The minimum Gasteiger partial charge on any atom is -0.393 e. The van der Waals surface area contributed by atoms with Crippen molar-refractivity contribution in [2.45, 2.75) is 39.2 Å². The van der Waals surface area contributed by atoms with E-state index < -0.39 is 0 Å². The first-order chi connectivity index (χ1) is 7.19. The maximum atomic E-state index is 9.85. The SMILES string of the molecule is C=C/C(=C\C=C/C)CC1C(C)CCC1O. The van der Waals surface area contributed by atoms with Crippen LogP contribution in [0.5, 0.6) is 0 Å². The standard InChI is InChI=1S/C14H22O/c1-4-6-7-12(5-2)10-13-11(3)8-9-14(13)15/h4-7,11,13-15H,2,8-10H2,1,3H3/b6-4-,12-7+. The van der Waals surface area contributed by atoms with Crippen molar-refractivity contribution in [3.63, 3.8) is 0 Å². The number of aliphatic hydroxyl groups excluding tert-OH is 1. The average molecular weight is 206 g/mol. The largest absolute Gasteiger partial charge is 0.393 e. The van der Waals surface area contributed by atoms with Gasteiger partial charge in [0.25, 0.3) is 0 Å². The number of hydrogen-bond donors (Lipinski definition) is 1. The fourth-order valence-electron chi connectivity index (χ4n) is 2.29. The van der Waals surface area contributed by atoms with Gasteiger partial charge in [-0.05, 0) is 43.6 Å². The third kappa shape index (κ3) is 3.35. The molecule has 0 spiro atoms. The van der Waals surface area contributed by atoms with Crippen LogP contribution in [0.15, 0.2) is 36.5 Å². The normalized spacial score (nSPS) is 32.5. The molecule has 0 amide bonds. The highest BCUT2D eigenvalue weighted by Gasteiger charge is 2.31. The van der Waals surface area contributed by atoms with E-state index in [-0.39, 0.29) is 6.10 Å². The Bertz CT molecular complexity index is 253. The molecular weight excluding hydrogens is 184 g/mol. The smallest absolute Gasteiger partial charge is 0.0574 e. The zero-order valence-electron chi connectivity index (χ0n) is 9.82. The molecule has 0 heterocycles. The van der Waals surface area contributed by atoms with E-state index in [1.54, 1.807) is 0 Å². The predicted molar refractivity (Wildman–Crippen MR) is 65.6 cm³/mol. The van der Waals surface area contributed by atoms with Crippen molar-refractivity contribution >= 4 is 0 Å². The summed E-state index contributed by atoms with van der Waals surface area (Å²) < 4.78 is 0. The second-order valence-electron chi connectivity index (χ2n) is 4.46. The lowest BCUT2D eigenvalue weighted by molar-refractivity contribution is 0.120. The molecule has 1 saturated carbocycles. The van der Waals surface area contributed by atoms with Gasteiger partial charge in [0.1, 0.15) is 0 Å². The van der Waals surface area contributed by atoms with Gasteiger partial charge in [-0.3, -0.25) is 0 Å². The topological polar surface area (TPSA) is 20.2 Å². The van der Waals surface area contributed by atoms with E-state index in [1.165, 1.54) is 5.57 Å². The number of hydrogen-bond acceptors (Lipinski definition) is 1. The summed E-state index contributed by atoms with van der Waals surface area (Å²) in [6.45, 7) is 8.06. The van der Waals surface area contributed by atoms with Gasteiger partial charge in [-0.2, -0.15) is 0 Å².